The molecule has 1 heterocycles. The van der Waals surface area contributed by atoms with Gasteiger partial charge in [0.1, 0.15) is 5.82 Å². The molecule has 1 amide bonds. The molecule has 5 nitrogen and oxygen atoms in total. The van der Waals surface area contributed by atoms with Gasteiger partial charge in [-0.3, -0.25) is 4.79 Å². The molecule has 32 heavy (non-hydrogen) atoms. The monoisotopic (exact) mass is 478 g/mol. The molecule has 1 N–H and O–H groups in total. The molecule has 1 fully saturated rings. The highest BCUT2D eigenvalue weighted by molar-refractivity contribution is 7.98. The number of sulfonamides is 1. The van der Waals surface area contributed by atoms with Gasteiger partial charge in [0.25, 0.3) is 0 Å². The van der Waals surface area contributed by atoms with E-state index < -0.39 is 10.0 Å². The van der Waals surface area contributed by atoms with Crippen LogP contribution in [0.1, 0.15) is 35.1 Å². The number of rotatable bonds is 8. The predicted molar refractivity (Wildman–Crippen MR) is 128 cm³/mol. The lowest BCUT2D eigenvalue weighted by molar-refractivity contribution is -0.125. The Labute approximate surface area is 194 Å². The molecule has 0 aromatic heterocycles. The number of thioether (sulfide) groups is 1. The largest absolute Gasteiger partial charge is 0.355 e. The Bertz CT molecular complexity index is 1040. The van der Waals surface area contributed by atoms with Crippen LogP contribution in [0.25, 0.3) is 0 Å². The second-order valence-electron chi connectivity index (χ2n) is 8.34. The van der Waals surface area contributed by atoms with Crippen molar-refractivity contribution in [3.8, 4) is 0 Å². The maximum absolute atomic E-state index is 13.6. The zero-order chi connectivity index (χ0) is 23.3. The third-order valence-corrected chi connectivity index (χ3v) is 9.00. The third-order valence-electron chi connectivity index (χ3n) is 5.79. The van der Waals surface area contributed by atoms with E-state index in [-0.39, 0.29) is 17.6 Å². The van der Waals surface area contributed by atoms with Crippen molar-refractivity contribution < 1.29 is 17.6 Å². The quantitative estimate of drug-likeness (QED) is 0.578. The van der Waals surface area contributed by atoms with Crippen molar-refractivity contribution in [1.29, 1.82) is 0 Å². The Kier molecular flexibility index (Phi) is 8.36. The Morgan fingerprint density at radius 1 is 1.12 bits per heavy atom. The molecule has 0 bridgehead atoms. The topological polar surface area (TPSA) is 66.5 Å². The van der Waals surface area contributed by atoms with Gasteiger partial charge in [0.05, 0.1) is 4.90 Å². The van der Waals surface area contributed by atoms with Crippen LogP contribution in [-0.2, 0) is 20.6 Å². The number of nitrogens with one attached hydrogen (secondary N) is 1. The van der Waals surface area contributed by atoms with Gasteiger partial charge >= 0.3 is 0 Å². The van der Waals surface area contributed by atoms with Gasteiger partial charge in [0.15, 0.2) is 0 Å². The van der Waals surface area contributed by atoms with Gasteiger partial charge in [-0.2, -0.15) is 16.1 Å². The van der Waals surface area contributed by atoms with Crippen LogP contribution in [0.5, 0.6) is 0 Å². The average molecular weight is 479 g/mol. The zero-order valence-corrected chi connectivity index (χ0v) is 20.5. The van der Waals surface area contributed by atoms with Crippen LogP contribution in [0.4, 0.5) is 4.39 Å². The number of halogens is 1. The highest BCUT2D eigenvalue weighted by atomic mass is 32.2. The summed E-state index contributed by atoms with van der Waals surface area (Å²) in [4.78, 5) is 12.9. The fraction of sp³-hybridized carbons (Fsp3) is 0.458. The normalized spacial score (nSPS) is 15.6. The first kappa shape index (κ1) is 24.7. The van der Waals surface area contributed by atoms with E-state index in [1.807, 2.05) is 39.0 Å². The summed E-state index contributed by atoms with van der Waals surface area (Å²) in [5, 5.41) is 2.94. The molecule has 0 atom stereocenters. The van der Waals surface area contributed by atoms with Crippen LogP contribution >= 0.6 is 11.8 Å². The van der Waals surface area contributed by atoms with Crippen molar-refractivity contribution in [2.24, 2.45) is 5.92 Å². The molecule has 0 spiro atoms. The van der Waals surface area contributed by atoms with Crippen molar-refractivity contribution in [2.75, 3.05) is 25.4 Å². The van der Waals surface area contributed by atoms with E-state index >= 15 is 0 Å². The fourth-order valence-corrected chi connectivity index (χ4v) is 6.98. The number of amides is 1. The summed E-state index contributed by atoms with van der Waals surface area (Å²) in [6.45, 7) is 6.82. The Morgan fingerprint density at radius 2 is 1.75 bits per heavy atom. The van der Waals surface area contributed by atoms with Gasteiger partial charge < -0.3 is 5.32 Å². The van der Waals surface area contributed by atoms with E-state index in [1.165, 1.54) is 10.4 Å². The number of carbonyl (C=O) groups is 1. The number of aryl methyl sites for hydroxylation is 3. The number of carbonyl (C=O) groups excluding carboxylic acids is 1. The molecular weight excluding hydrogens is 447 g/mol. The lowest BCUT2D eigenvalue weighted by atomic mass is 9.97. The molecule has 0 aliphatic carbocycles. The van der Waals surface area contributed by atoms with Crippen LogP contribution < -0.4 is 5.32 Å². The van der Waals surface area contributed by atoms with Gasteiger partial charge in [-0.15, -0.1) is 0 Å². The molecule has 8 heteroatoms. The molecule has 0 saturated carbocycles. The summed E-state index contributed by atoms with van der Waals surface area (Å²) in [6, 6.07) is 10.5. The van der Waals surface area contributed by atoms with Crippen LogP contribution in [-0.4, -0.2) is 44.0 Å². The van der Waals surface area contributed by atoms with Crippen LogP contribution in [0.3, 0.4) is 0 Å². The minimum Gasteiger partial charge on any atom is -0.355 e. The van der Waals surface area contributed by atoms with Gasteiger partial charge in [0, 0.05) is 37.1 Å². The third kappa shape index (κ3) is 5.91. The molecule has 2 aromatic carbocycles. The molecule has 174 valence electrons. The van der Waals surface area contributed by atoms with Crippen molar-refractivity contribution in [1.82, 2.24) is 9.62 Å². The molecular formula is C24H31FN2O3S2. The molecule has 1 aliphatic rings. The summed E-state index contributed by atoms with van der Waals surface area (Å²) in [5.74, 6) is 0.840. The lowest BCUT2D eigenvalue weighted by Gasteiger charge is -2.31. The van der Waals surface area contributed by atoms with E-state index in [0.29, 0.717) is 54.4 Å². The number of hydrogen-bond donors (Lipinski definition) is 1. The van der Waals surface area contributed by atoms with Crippen molar-refractivity contribution in [2.45, 2.75) is 44.3 Å². The highest BCUT2D eigenvalue weighted by Crippen LogP contribution is 2.28. The first-order valence-corrected chi connectivity index (χ1v) is 13.5. The lowest BCUT2D eigenvalue weighted by Crippen LogP contribution is -2.43. The number of benzene rings is 2. The summed E-state index contributed by atoms with van der Waals surface area (Å²) < 4.78 is 41.5. The number of piperidine rings is 1. The Balaban J connectivity index is 1.46. The van der Waals surface area contributed by atoms with Gasteiger partial charge in [0.2, 0.25) is 15.9 Å². The van der Waals surface area contributed by atoms with Crippen LogP contribution in [0.2, 0.25) is 0 Å². The number of hydrogen-bond acceptors (Lipinski definition) is 4. The number of nitrogens with zero attached hydrogens (tertiary/aromatic N) is 1. The maximum atomic E-state index is 13.6. The zero-order valence-electron chi connectivity index (χ0n) is 18.9. The van der Waals surface area contributed by atoms with E-state index in [2.05, 4.69) is 5.32 Å². The Morgan fingerprint density at radius 3 is 2.38 bits per heavy atom. The first-order valence-electron chi connectivity index (χ1n) is 10.9. The minimum atomic E-state index is -3.58. The molecule has 0 radical (unpaired) electrons. The van der Waals surface area contributed by atoms with Crippen LogP contribution in [0.15, 0.2) is 41.3 Å². The van der Waals surface area contributed by atoms with Crippen LogP contribution in [0, 0.1) is 32.5 Å². The summed E-state index contributed by atoms with van der Waals surface area (Å²) in [6.07, 6.45) is 1.02. The molecule has 2 aromatic rings. The predicted octanol–water partition coefficient (Wildman–Crippen LogP) is 4.20. The molecule has 3 rings (SSSR count). The van der Waals surface area contributed by atoms with Gasteiger partial charge in [-0.05, 0) is 56.4 Å². The highest BCUT2D eigenvalue weighted by Gasteiger charge is 2.33. The summed E-state index contributed by atoms with van der Waals surface area (Å²) >= 11 is 1.57. The SMILES string of the molecule is Cc1cc(C)c(S(=O)(=O)N2CCC(C(=O)NCCSCc3ccccc3F)CC2)c(C)c1. The van der Waals surface area contributed by atoms with Crippen molar-refractivity contribution >= 4 is 27.7 Å². The van der Waals surface area contributed by atoms with E-state index in [4.69, 9.17) is 0 Å². The molecule has 1 saturated heterocycles. The smallest absolute Gasteiger partial charge is 0.243 e. The second-order valence-corrected chi connectivity index (χ2v) is 11.3. The summed E-state index contributed by atoms with van der Waals surface area (Å²) in [7, 11) is -3.58. The molecule has 0 unspecified atom stereocenters. The standard InChI is InChI=1S/C24H31FN2O3S2/c1-17-14-18(2)23(19(3)15-17)32(29,30)27-11-8-20(9-12-27)24(28)26-10-13-31-16-21-6-4-5-7-22(21)25/h4-7,14-15,20H,8-13,16H2,1-3H3,(H,26,28). The second kappa shape index (κ2) is 10.8. The van der Waals surface area contributed by atoms with Gasteiger partial charge in [-0.1, -0.05) is 35.9 Å². The van der Waals surface area contributed by atoms with E-state index in [1.54, 1.807) is 23.9 Å². The first-order chi connectivity index (χ1) is 15.2. The van der Waals surface area contributed by atoms with Crippen molar-refractivity contribution in [3.63, 3.8) is 0 Å². The van der Waals surface area contributed by atoms with Crippen molar-refractivity contribution in [3.05, 3.63) is 64.5 Å². The Hall–Kier alpha value is -1.90. The van der Waals surface area contributed by atoms with Gasteiger partial charge in [-0.25, -0.2) is 12.8 Å². The minimum absolute atomic E-state index is 0.0313. The van der Waals surface area contributed by atoms with E-state index in [9.17, 15) is 17.6 Å². The summed E-state index contributed by atoms with van der Waals surface area (Å²) in [5.41, 5.74) is 3.23. The fourth-order valence-electron chi connectivity index (χ4n) is 4.25. The van der Waals surface area contributed by atoms with E-state index in [0.717, 1.165) is 16.7 Å². The maximum Gasteiger partial charge on any atom is 0.243 e. The molecule has 1 aliphatic heterocycles. The average Bonchev–Trinajstić information content (AvgIpc) is 2.73.